The van der Waals surface area contributed by atoms with Gasteiger partial charge in [0.05, 0.1) is 8.66 Å². The normalized spacial score (nSPS) is 18.6. The number of nitrogens with one attached hydrogen (secondary N) is 1. The van der Waals surface area contributed by atoms with Gasteiger partial charge in [-0.1, -0.05) is 12.8 Å². The van der Waals surface area contributed by atoms with Crippen molar-refractivity contribution in [3.63, 3.8) is 0 Å². The number of carbonyl (C=O) groups excluding carboxylic acids is 1. The summed E-state index contributed by atoms with van der Waals surface area (Å²) in [5, 5.41) is 3.10. The summed E-state index contributed by atoms with van der Waals surface area (Å²) in [5.74, 6) is 0.738. The summed E-state index contributed by atoms with van der Waals surface area (Å²) in [5.41, 5.74) is 0. The van der Waals surface area contributed by atoms with E-state index in [1.54, 1.807) is 0 Å². The quantitative estimate of drug-likeness (QED) is 0.903. The SMILES string of the molecule is CC(NC(=O)c1ccc(Br)s1)C1CCCC1. The molecular formula is C12H16BrNOS. The molecule has 0 aromatic carbocycles. The largest absolute Gasteiger partial charge is 0.349 e. The molecule has 0 bridgehead atoms. The average molecular weight is 302 g/mol. The maximum absolute atomic E-state index is 11.9. The van der Waals surface area contributed by atoms with Crippen LogP contribution in [0.1, 0.15) is 42.3 Å². The first kappa shape index (κ1) is 12.1. The lowest BCUT2D eigenvalue weighted by Crippen LogP contribution is -2.36. The van der Waals surface area contributed by atoms with E-state index in [1.165, 1.54) is 37.0 Å². The van der Waals surface area contributed by atoms with E-state index in [2.05, 4.69) is 28.2 Å². The zero-order valence-corrected chi connectivity index (χ0v) is 11.7. The molecule has 1 fully saturated rings. The van der Waals surface area contributed by atoms with Crippen LogP contribution in [-0.2, 0) is 0 Å². The molecule has 0 spiro atoms. The lowest BCUT2D eigenvalue weighted by molar-refractivity contribution is 0.0931. The Morgan fingerprint density at radius 1 is 1.50 bits per heavy atom. The van der Waals surface area contributed by atoms with E-state index < -0.39 is 0 Å². The van der Waals surface area contributed by atoms with Gasteiger partial charge in [0.15, 0.2) is 0 Å². The molecule has 0 radical (unpaired) electrons. The molecule has 1 aromatic rings. The minimum absolute atomic E-state index is 0.0649. The third kappa shape index (κ3) is 2.86. The molecular weight excluding hydrogens is 286 g/mol. The monoisotopic (exact) mass is 301 g/mol. The van der Waals surface area contributed by atoms with Crippen LogP contribution in [0.15, 0.2) is 15.9 Å². The molecule has 1 aliphatic rings. The highest BCUT2D eigenvalue weighted by Crippen LogP contribution is 2.28. The second-order valence-corrected chi connectivity index (χ2v) is 6.87. The zero-order valence-electron chi connectivity index (χ0n) is 9.33. The van der Waals surface area contributed by atoms with E-state index in [9.17, 15) is 4.79 Å². The molecule has 88 valence electrons. The third-order valence-corrected chi connectivity index (χ3v) is 4.89. The van der Waals surface area contributed by atoms with Gasteiger partial charge in [-0.15, -0.1) is 11.3 Å². The van der Waals surface area contributed by atoms with Crippen molar-refractivity contribution in [1.29, 1.82) is 0 Å². The van der Waals surface area contributed by atoms with Gasteiger partial charge in [-0.3, -0.25) is 4.79 Å². The Morgan fingerprint density at radius 3 is 2.75 bits per heavy atom. The number of carbonyl (C=O) groups is 1. The molecule has 1 saturated carbocycles. The smallest absolute Gasteiger partial charge is 0.261 e. The van der Waals surface area contributed by atoms with Gasteiger partial charge in [0.1, 0.15) is 0 Å². The summed E-state index contributed by atoms with van der Waals surface area (Å²) in [6, 6.07) is 4.08. The first-order chi connectivity index (χ1) is 7.66. The van der Waals surface area contributed by atoms with Crippen LogP contribution in [-0.4, -0.2) is 11.9 Å². The van der Waals surface area contributed by atoms with E-state index in [0.717, 1.165) is 8.66 Å². The van der Waals surface area contributed by atoms with E-state index in [4.69, 9.17) is 0 Å². The fourth-order valence-electron chi connectivity index (χ4n) is 2.29. The average Bonchev–Trinajstić information content (AvgIpc) is 2.87. The summed E-state index contributed by atoms with van der Waals surface area (Å²) in [4.78, 5) is 12.7. The Kier molecular flexibility index (Phi) is 4.03. The Bertz CT molecular complexity index is 371. The van der Waals surface area contributed by atoms with Gasteiger partial charge in [-0.05, 0) is 53.7 Å². The van der Waals surface area contributed by atoms with Crippen LogP contribution in [0.3, 0.4) is 0 Å². The first-order valence-corrected chi connectivity index (χ1v) is 7.34. The number of hydrogen-bond acceptors (Lipinski definition) is 2. The molecule has 1 heterocycles. The van der Waals surface area contributed by atoms with Gasteiger partial charge < -0.3 is 5.32 Å². The zero-order chi connectivity index (χ0) is 11.5. The van der Waals surface area contributed by atoms with E-state index >= 15 is 0 Å². The van der Waals surface area contributed by atoms with Crippen LogP contribution in [0.4, 0.5) is 0 Å². The summed E-state index contributed by atoms with van der Waals surface area (Å²) < 4.78 is 1.01. The predicted octanol–water partition coefficient (Wildman–Crippen LogP) is 3.82. The van der Waals surface area contributed by atoms with Gasteiger partial charge in [-0.2, -0.15) is 0 Å². The molecule has 2 rings (SSSR count). The molecule has 1 aromatic heterocycles. The number of hydrogen-bond donors (Lipinski definition) is 1. The second kappa shape index (κ2) is 5.32. The molecule has 1 atom stereocenters. The van der Waals surface area contributed by atoms with Crippen molar-refractivity contribution >= 4 is 33.2 Å². The van der Waals surface area contributed by atoms with Crippen LogP contribution < -0.4 is 5.32 Å². The predicted molar refractivity (Wildman–Crippen MR) is 70.9 cm³/mol. The highest BCUT2D eigenvalue weighted by Gasteiger charge is 2.23. The summed E-state index contributed by atoms with van der Waals surface area (Å²) in [6.07, 6.45) is 5.15. The fraction of sp³-hybridized carbons (Fsp3) is 0.583. The Labute approximate surface area is 109 Å². The summed E-state index contributed by atoms with van der Waals surface area (Å²) in [7, 11) is 0. The summed E-state index contributed by atoms with van der Waals surface area (Å²) >= 11 is 4.86. The highest BCUT2D eigenvalue weighted by molar-refractivity contribution is 9.11. The molecule has 1 N–H and O–H groups in total. The Hall–Kier alpha value is -0.350. The van der Waals surface area contributed by atoms with Gasteiger partial charge in [0, 0.05) is 6.04 Å². The van der Waals surface area contributed by atoms with Crippen molar-refractivity contribution in [2.45, 2.75) is 38.6 Å². The Morgan fingerprint density at radius 2 is 2.19 bits per heavy atom. The molecule has 4 heteroatoms. The lowest BCUT2D eigenvalue weighted by atomic mass is 10.00. The third-order valence-electron chi connectivity index (χ3n) is 3.26. The number of halogens is 1. The second-order valence-electron chi connectivity index (χ2n) is 4.41. The van der Waals surface area contributed by atoms with Crippen LogP contribution >= 0.6 is 27.3 Å². The van der Waals surface area contributed by atoms with Crippen molar-refractivity contribution in [2.75, 3.05) is 0 Å². The molecule has 0 saturated heterocycles. The molecule has 0 aliphatic heterocycles. The standard InChI is InChI=1S/C12H16BrNOS/c1-8(9-4-2-3-5-9)14-12(15)10-6-7-11(13)16-10/h6-9H,2-5H2,1H3,(H,14,15). The maximum Gasteiger partial charge on any atom is 0.261 e. The van der Waals surface area contributed by atoms with Crippen molar-refractivity contribution in [2.24, 2.45) is 5.92 Å². The minimum atomic E-state index is 0.0649. The highest BCUT2D eigenvalue weighted by atomic mass is 79.9. The van der Waals surface area contributed by atoms with Crippen molar-refractivity contribution < 1.29 is 4.79 Å². The van der Waals surface area contributed by atoms with Crippen LogP contribution in [0.5, 0.6) is 0 Å². The molecule has 16 heavy (non-hydrogen) atoms. The number of thiophene rings is 1. The van der Waals surface area contributed by atoms with Crippen LogP contribution in [0.25, 0.3) is 0 Å². The molecule has 1 aliphatic carbocycles. The number of amides is 1. The van der Waals surface area contributed by atoms with E-state index in [1.807, 2.05) is 12.1 Å². The first-order valence-electron chi connectivity index (χ1n) is 5.73. The van der Waals surface area contributed by atoms with Crippen LogP contribution in [0.2, 0.25) is 0 Å². The van der Waals surface area contributed by atoms with E-state index in [0.29, 0.717) is 12.0 Å². The van der Waals surface area contributed by atoms with Gasteiger partial charge in [0.2, 0.25) is 0 Å². The molecule has 1 amide bonds. The topological polar surface area (TPSA) is 29.1 Å². The molecule has 1 unspecified atom stereocenters. The lowest BCUT2D eigenvalue weighted by Gasteiger charge is -2.19. The van der Waals surface area contributed by atoms with E-state index in [-0.39, 0.29) is 5.91 Å². The van der Waals surface area contributed by atoms with Gasteiger partial charge in [0.25, 0.3) is 5.91 Å². The molecule has 2 nitrogen and oxygen atoms in total. The van der Waals surface area contributed by atoms with Gasteiger partial charge >= 0.3 is 0 Å². The number of rotatable bonds is 3. The fourth-order valence-corrected chi connectivity index (χ4v) is 3.58. The maximum atomic E-state index is 11.9. The van der Waals surface area contributed by atoms with Crippen molar-refractivity contribution in [1.82, 2.24) is 5.32 Å². The Balaban J connectivity index is 1.91. The van der Waals surface area contributed by atoms with Gasteiger partial charge in [-0.25, -0.2) is 0 Å². The van der Waals surface area contributed by atoms with Crippen molar-refractivity contribution in [3.8, 4) is 0 Å². The minimum Gasteiger partial charge on any atom is -0.349 e. The summed E-state index contributed by atoms with van der Waals surface area (Å²) in [6.45, 7) is 2.12. The van der Waals surface area contributed by atoms with Crippen LogP contribution in [0, 0.1) is 5.92 Å². The van der Waals surface area contributed by atoms with Crippen molar-refractivity contribution in [3.05, 3.63) is 20.8 Å².